The topological polar surface area (TPSA) is 34.1 Å². The molecule has 1 aromatic heterocycles. The fraction of sp³-hybridized carbons (Fsp3) is 0.267. The lowest BCUT2D eigenvalue weighted by Crippen LogP contribution is -2.13. The summed E-state index contributed by atoms with van der Waals surface area (Å²) in [5.41, 5.74) is 2.15. The zero-order valence-corrected chi connectivity index (χ0v) is 12.6. The highest BCUT2D eigenvalue weighted by Gasteiger charge is 2.04. The number of aromatic nitrogens is 1. The second-order valence-electron chi connectivity index (χ2n) is 4.34. The van der Waals surface area contributed by atoms with E-state index >= 15 is 0 Å². The third-order valence-electron chi connectivity index (χ3n) is 2.95. The van der Waals surface area contributed by atoms with Crippen LogP contribution in [0, 0.1) is 0 Å². The Balaban J connectivity index is 1.94. The van der Waals surface area contributed by atoms with E-state index in [0.717, 1.165) is 21.5 Å². The molecule has 1 unspecified atom stereocenters. The first kappa shape index (κ1) is 14.0. The molecule has 0 aliphatic carbocycles. The highest BCUT2D eigenvalue weighted by atomic mass is 79.9. The molecule has 19 heavy (non-hydrogen) atoms. The van der Waals surface area contributed by atoms with E-state index in [9.17, 15) is 0 Å². The van der Waals surface area contributed by atoms with Crippen LogP contribution in [0.25, 0.3) is 0 Å². The van der Waals surface area contributed by atoms with E-state index in [1.165, 1.54) is 0 Å². The van der Waals surface area contributed by atoms with Crippen LogP contribution in [0.4, 0.5) is 0 Å². The van der Waals surface area contributed by atoms with Gasteiger partial charge in [0.2, 0.25) is 0 Å². The van der Waals surface area contributed by atoms with Crippen LogP contribution in [0.15, 0.2) is 47.1 Å². The Labute approximate surface area is 122 Å². The first-order valence-electron chi connectivity index (χ1n) is 6.19. The molecule has 100 valence electrons. The SMILES string of the molecule is CNC(C)c1ccc(OCc2ccc(Br)cc2)cn1. The summed E-state index contributed by atoms with van der Waals surface area (Å²) in [5, 5.41) is 3.16. The maximum absolute atomic E-state index is 5.70. The molecule has 0 amide bonds. The predicted molar refractivity (Wildman–Crippen MR) is 80.2 cm³/mol. The summed E-state index contributed by atoms with van der Waals surface area (Å²) in [4.78, 5) is 4.38. The summed E-state index contributed by atoms with van der Waals surface area (Å²) in [6.45, 7) is 2.63. The number of nitrogens with one attached hydrogen (secondary N) is 1. The van der Waals surface area contributed by atoms with Crippen LogP contribution in [0.5, 0.6) is 5.75 Å². The van der Waals surface area contributed by atoms with E-state index in [0.29, 0.717) is 6.61 Å². The van der Waals surface area contributed by atoms with Crippen LogP contribution in [-0.4, -0.2) is 12.0 Å². The lowest BCUT2D eigenvalue weighted by atomic mass is 10.2. The van der Waals surface area contributed by atoms with E-state index < -0.39 is 0 Å². The van der Waals surface area contributed by atoms with Crippen molar-refractivity contribution >= 4 is 15.9 Å². The van der Waals surface area contributed by atoms with Crippen molar-refractivity contribution in [3.63, 3.8) is 0 Å². The lowest BCUT2D eigenvalue weighted by molar-refractivity contribution is 0.304. The number of hydrogen-bond donors (Lipinski definition) is 1. The summed E-state index contributed by atoms with van der Waals surface area (Å²) in [6, 6.07) is 12.3. The van der Waals surface area contributed by atoms with E-state index in [1.54, 1.807) is 6.20 Å². The molecule has 0 spiro atoms. The fourth-order valence-electron chi connectivity index (χ4n) is 1.63. The summed E-state index contributed by atoms with van der Waals surface area (Å²) in [7, 11) is 1.92. The Morgan fingerprint density at radius 2 is 1.95 bits per heavy atom. The van der Waals surface area contributed by atoms with E-state index in [2.05, 4.69) is 33.2 Å². The summed E-state index contributed by atoms with van der Waals surface area (Å²) >= 11 is 3.41. The third-order valence-corrected chi connectivity index (χ3v) is 3.48. The molecular formula is C15H17BrN2O. The van der Waals surface area contributed by atoms with Gasteiger partial charge in [-0.1, -0.05) is 28.1 Å². The Morgan fingerprint density at radius 1 is 1.21 bits per heavy atom. The van der Waals surface area contributed by atoms with Crippen LogP contribution in [0.3, 0.4) is 0 Å². The van der Waals surface area contributed by atoms with Crippen LogP contribution < -0.4 is 10.1 Å². The molecule has 0 saturated carbocycles. The fourth-order valence-corrected chi connectivity index (χ4v) is 1.89. The van der Waals surface area contributed by atoms with Gasteiger partial charge in [0.1, 0.15) is 12.4 Å². The third kappa shape index (κ3) is 4.04. The normalized spacial score (nSPS) is 12.2. The number of hydrogen-bond acceptors (Lipinski definition) is 3. The zero-order chi connectivity index (χ0) is 13.7. The summed E-state index contributed by atoms with van der Waals surface area (Å²) < 4.78 is 6.77. The van der Waals surface area contributed by atoms with Crippen molar-refractivity contribution in [3.05, 3.63) is 58.3 Å². The van der Waals surface area contributed by atoms with Gasteiger partial charge in [0.05, 0.1) is 11.9 Å². The molecule has 1 atom stereocenters. The van der Waals surface area contributed by atoms with Gasteiger partial charge in [-0.15, -0.1) is 0 Å². The van der Waals surface area contributed by atoms with Gasteiger partial charge in [0.15, 0.2) is 0 Å². The molecule has 0 aliphatic rings. The van der Waals surface area contributed by atoms with Gasteiger partial charge in [0, 0.05) is 10.5 Å². The summed E-state index contributed by atoms with van der Waals surface area (Å²) in [6.07, 6.45) is 1.77. The molecule has 3 nitrogen and oxygen atoms in total. The number of halogens is 1. The number of ether oxygens (including phenoxy) is 1. The Morgan fingerprint density at radius 3 is 2.53 bits per heavy atom. The standard InChI is InChI=1S/C15H17BrN2O/c1-11(17-2)15-8-7-14(9-18-15)19-10-12-3-5-13(16)6-4-12/h3-9,11,17H,10H2,1-2H3. The monoisotopic (exact) mass is 320 g/mol. The van der Waals surface area contributed by atoms with E-state index in [-0.39, 0.29) is 6.04 Å². The molecule has 0 fully saturated rings. The maximum atomic E-state index is 5.70. The van der Waals surface area contributed by atoms with Crippen molar-refractivity contribution in [1.82, 2.24) is 10.3 Å². The molecule has 0 radical (unpaired) electrons. The van der Waals surface area contributed by atoms with Gasteiger partial charge in [-0.3, -0.25) is 4.98 Å². The minimum absolute atomic E-state index is 0.250. The van der Waals surface area contributed by atoms with Crippen molar-refractivity contribution in [2.45, 2.75) is 19.6 Å². The second kappa shape index (κ2) is 6.68. The van der Waals surface area contributed by atoms with Crippen molar-refractivity contribution in [2.24, 2.45) is 0 Å². The average Bonchev–Trinajstić information content (AvgIpc) is 2.46. The first-order valence-corrected chi connectivity index (χ1v) is 6.99. The predicted octanol–water partition coefficient (Wildman–Crippen LogP) is 3.70. The molecule has 0 bridgehead atoms. The van der Waals surface area contributed by atoms with Gasteiger partial charge in [0.25, 0.3) is 0 Å². The molecule has 2 aromatic rings. The van der Waals surface area contributed by atoms with Gasteiger partial charge in [-0.05, 0) is 43.8 Å². The van der Waals surface area contributed by atoms with Gasteiger partial charge in [-0.25, -0.2) is 0 Å². The molecule has 0 aliphatic heterocycles. The van der Waals surface area contributed by atoms with Crippen LogP contribution in [-0.2, 0) is 6.61 Å². The van der Waals surface area contributed by atoms with Gasteiger partial charge >= 0.3 is 0 Å². The van der Waals surface area contributed by atoms with Crippen LogP contribution >= 0.6 is 15.9 Å². The minimum atomic E-state index is 0.250. The van der Waals surface area contributed by atoms with E-state index in [1.807, 2.05) is 43.4 Å². The highest BCUT2D eigenvalue weighted by molar-refractivity contribution is 9.10. The van der Waals surface area contributed by atoms with Crippen LogP contribution in [0.2, 0.25) is 0 Å². The van der Waals surface area contributed by atoms with Gasteiger partial charge in [-0.2, -0.15) is 0 Å². The van der Waals surface area contributed by atoms with Crippen molar-refractivity contribution in [3.8, 4) is 5.75 Å². The van der Waals surface area contributed by atoms with Crippen molar-refractivity contribution in [1.29, 1.82) is 0 Å². The number of rotatable bonds is 5. The number of nitrogens with zero attached hydrogens (tertiary/aromatic N) is 1. The molecule has 0 saturated heterocycles. The molecule has 2 rings (SSSR count). The smallest absolute Gasteiger partial charge is 0.138 e. The number of benzene rings is 1. The molecule has 1 N–H and O–H groups in total. The molecule has 4 heteroatoms. The maximum Gasteiger partial charge on any atom is 0.138 e. The highest BCUT2D eigenvalue weighted by Crippen LogP contribution is 2.16. The Bertz CT molecular complexity index is 511. The quantitative estimate of drug-likeness (QED) is 0.912. The number of pyridine rings is 1. The molecule has 1 heterocycles. The summed E-state index contributed by atoms with van der Waals surface area (Å²) in [5.74, 6) is 0.787. The Kier molecular flexibility index (Phi) is 4.93. The lowest BCUT2D eigenvalue weighted by Gasteiger charge is -2.10. The molecule has 1 aromatic carbocycles. The minimum Gasteiger partial charge on any atom is -0.487 e. The zero-order valence-electron chi connectivity index (χ0n) is 11.1. The van der Waals surface area contributed by atoms with Gasteiger partial charge < -0.3 is 10.1 Å². The molecular weight excluding hydrogens is 304 g/mol. The van der Waals surface area contributed by atoms with E-state index in [4.69, 9.17) is 4.74 Å². The average molecular weight is 321 g/mol. The Hall–Kier alpha value is -1.39. The second-order valence-corrected chi connectivity index (χ2v) is 5.26. The largest absolute Gasteiger partial charge is 0.487 e. The van der Waals surface area contributed by atoms with Crippen molar-refractivity contribution < 1.29 is 4.74 Å². The van der Waals surface area contributed by atoms with Crippen LogP contribution in [0.1, 0.15) is 24.2 Å². The van der Waals surface area contributed by atoms with Crippen molar-refractivity contribution in [2.75, 3.05) is 7.05 Å². The first-order chi connectivity index (χ1) is 9.19.